The van der Waals surface area contributed by atoms with Gasteiger partial charge in [-0.15, -0.1) is 0 Å². The van der Waals surface area contributed by atoms with E-state index in [9.17, 15) is 8.42 Å². The van der Waals surface area contributed by atoms with Crippen molar-refractivity contribution in [2.75, 3.05) is 12.4 Å². The minimum Gasteiger partial charge on any atom is -0.270 e. The molecule has 1 aliphatic heterocycles. The lowest BCUT2D eigenvalue weighted by atomic mass is 10.2. The van der Waals surface area contributed by atoms with Gasteiger partial charge in [0.25, 0.3) is 10.1 Å². The number of rotatable bonds is 0. The molecule has 0 aromatic carbocycles. The Bertz CT molecular complexity index is 169. The maximum Gasteiger partial charge on any atom is 0.267 e. The Hall–Kier alpha value is -0.0900. The first-order valence-electron chi connectivity index (χ1n) is 3.58. The van der Waals surface area contributed by atoms with Crippen LogP contribution in [0.3, 0.4) is 0 Å². The molecule has 60 valence electrons. The summed E-state index contributed by atoms with van der Waals surface area (Å²) >= 11 is 0. The molecule has 0 amide bonds. The molecule has 0 aromatic rings. The summed E-state index contributed by atoms with van der Waals surface area (Å²) in [6, 6.07) is 0. The second-order valence-electron chi connectivity index (χ2n) is 2.50. The number of hydrogen-bond acceptors (Lipinski definition) is 3. The van der Waals surface area contributed by atoms with Gasteiger partial charge >= 0.3 is 0 Å². The van der Waals surface area contributed by atoms with Crippen LogP contribution in [0.15, 0.2) is 0 Å². The van der Waals surface area contributed by atoms with Gasteiger partial charge in [-0.25, -0.2) is 0 Å². The van der Waals surface area contributed by atoms with Gasteiger partial charge in [0.1, 0.15) is 0 Å². The summed E-state index contributed by atoms with van der Waals surface area (Å²) in [7, 11) is -3.14. The fourth-order valence-electron chi connectivity index (χ4n) is 0.979. The average molecular weight is 164 g/mol. The van der Waals surface area contributed by atoms with Gasteiger partial charge in [-0.05, 0) is 12.8 Å². The van der Waals surface area contributed by atoms with Gasteiger partial charge in [0.15, 0.2) is 0 Å². The van der Waals surface area contributed by atoms with E-state index < -0.39 is 10.1 Å². The maximum absolute atomic E-state index is 10.8. The van der Waals surface area contributed by atoms with Gasteiger partial charge in [0, 0.05) is 0 Å². The van der Waals surface area contributed by atoms with Gasteiger partial charge in [-0.2, -0.15) is 8.42 Å². The van der Waals surface area contributed by atoms with E-state index in [0.29, 0.717) is 6.61 Å². The Morgan fingerprint density at radius 2 is 1.70 bits per heavy atom. The highest BCUT2D eigenvalue weighted by molar-refractivity contribution is 7.86. The summed E-state index contributed by atoms with van der Waals surface area (Å²) < 4.78 is 26.2. The molecule has 0 unspecified atom stereocenters. The molecule has 1 saturated heterocycles. The van der Waals surface area contributed by atoms with Gasteiger partial charge in [0.05, 0.1) is 12.4 Å². The van der Waals surface area contributed by atoms with Crippen molar-refractivity contribution in [1.29, 1.82) is 0 Å². The third kappa shape index (κ3) is 2.66. The molecule has 4 heteroatoms. The molecular formula is C6H12O3S. The van der Waals surface area contributed by atoms with Gasteiger partial charge < -0.3 is 0 Å². The largest absolute Gasteiger partial charge is 0.270 e. The first-order chi connectivity index (χ1) is 4.71. The predicted molar refractivity (Wildman–Crippen MR) is 38.2 cm³/mol. The molecular weight excluding hydrogens is 152 g/mol. The maximum atomic E-state index is 10.8. The van der Waals surface area contributed by atoms with Crippen molar-refractivity contribution < 1.29 is 12.6 Å². The fraction of sp³-hybridized carbons (Fsp3) is 1.00. The molecule has 0 radical (unpaired) electrons. The van der Waals surface area contributed by atoms with E-state index in [0.717, 1.165) is 25.7 Å². The summed E-state index contributed by atoms with van der Waals surface area (Å²) in [6.07, 6.45) is 3.74. The van der Waals surface area contributed by atoms with Gasteiger partial charge in [-0.1, -0.05) is 12.8 Å². The van der Waals surface area contributed by atoms with Crippen molar-refractivity contribution in [1.82, 2.24) is 0 Å². The molecule has 1 aliphatic rings. The van der Waals surface area contributed by atoms with Crippen LogP contribution in [0.2, 0.25) is 0 Å². The highest BCUT2D eigenvalue weighted by atomic mass is 32.2. The zero-order chi connectivity index (χ0) is 7.45. The molecule has 10 heavy (non-hydrogen) atoms. The molecule has 0 aromatic heterocycles. The summed E-state index contributed by atoms with van der Waals surface area (Å²) in [5, 5.41) is 0. The van der Waals surface area contributed by atoms with Crippen LogP contribution in [-0.4, -0.2) is 20.8 Å². The van der Waals surface area contributed by atoms with Crippen LogP contribution in [0.25, 0.3) is 0 Å². The second kappa shape index (κ2) is 3.34. The Labute approximate surface area is 61.5 Å². The fourth-order valence-corrected chi connectivity index (χ4v) is 2.03. The van der Waals surface area contributed by atoms with E-state index >= 15 is 0 Å². The van der Waals surface area contributed by atoms with E-state index in [4.69, 9.17) is 0 Å². The van der Waals surface area contributed by atoms with Crippen LogP contribution in [0.4, 0.5) is 0 Å². The number of hydrogen-bond donors (Lipinski definition) is 0. The van der Waals surface area contributed by atoms with Crippen molar-refractivity contribution in [3.05, 3.63) is 0 Å². The second-order valence-corrected chi connectivity index (χ2v) is 4.26. The lowest BCUT2D eigenvalue weighted by Gasteiger charge is -2.08. The smallest absolute Gasteiger partial charge is 0.267 e. The van der Waals surface area contributed by atoms with Gasteiger partial charge in [0.2, 0.25) is 0 Å². The highest BCUT2D eigenvalue weighted by Crippen LogP contribution is 2.09. The Morgan fingerprint density at radius 3 is 2.50 bits per heavy atom. The van der Waals surface area contributed by atoms with E-state index in [1.54, 1.807) is 0 Å². The zero-order valence-corrected chi connectivity index (χ0v) is 6.69. The molecule has 1 fully saturated rings. The Morgan fingerprint density at radius 1 is 1.00 bits per heavy atom. The van der Waals surface area contributed by atoms with Crippen LogP contribution in [0.1, 0.15) is 25.7 Å². The molecule has 3 nitrogen and oxygen atoms in total. The van der Waals surface area contributed by atoms with E-state index in [1.165, 1.54) is 0 Å². The molecule has 1 heterocycles. The van der Waals surface area contributed by atoms with Crippen molar-refractivity contribution in [2.45, 2.75) is 25.7 Å². The quantitative estimate of drug-likeness (QED) is 0.500. The van der Waals surface area contributed by atoms with Crippen molar-refractivity contribution >= 4 is 10.1 Å². The average Bonchev–Trinajstić information content (AvgIpc) is 1.81. The van der Waals surface area contributed by atoms with Crippen LogP contribution < -0.4 is 0 Å². The SMILES string of the molecule is O=S1(=O)CCCCCCO1. The standard InChI is InChI=1S/C6H12O3S/c7-10(8)6-4-2-1-3-5-9-10/h1-6H2. The van der Waals surface area contributed by atoms with Crippen LogP contribution in [0, 0.1) is 0 Å². The van der Waals surface area contributed by atoms with Crippen molar-refractivity contribution in [3.8, 4) is 0 Å². The molecule has 0 saturated carbocycles. The minimum atomic E-state index is -3.14. The normalized spacial score (nSPS) is 26.8. The van der Waals surface area contributed by atoms with Crippen molar-refractivity contribution in [3.63, 3.8) is 0 Å². The molecule has 0 atom stereocenters. The minimum absolute atomic E-state index is 0.201. The zero-order valence-electron chi connectivity index (χ0n) is 5.88. The Balaban J connectivity index is 2.46. The van der Waals surface area contributed by atoms with Crippen LogP contribution in [-0.2, 0) is 14.3 Å². The summed E-state index contributed by atoms with van der Waals surface area (Å²) in [6.45, 7) is 0.377. The third-order valence-electron chi connectivity index (χ3n) is 1.55. The topological polar surface area (TPSA) is 43.4 Å². The lowest BCUT2D eigenvalue weighted by Crippen LogP contribution is -2.13. The summed E-state index contributed by atoms with van der Waals surface area (Å²) in [5.74, 6) is 0.201. The van der Waals surface area contributed by atoms with E-state index in [2.05, 4.69) is 4.18 Å². The summed E-state index contributed by atoms with van der Waals surface area (Å²) in [5.41, 5.74) is 0. The lowest BCUT2D eigenvalue weighted by molar-refractivity contribution is 0.299. The molecule has 0 spiro atoms. The predicted octanol–water partition coefficient (Wildman–Crippen LogP) is 0.907. The molecule has 0 bridgehead atoms. The first-order valence-corrected chi connectivity index (χ1v) is 5.15. The van der Waals surface area contributed by atoms with Crippen LogP contribution >= 0.6 is 0 Å². The van der Waals surface area contributed by atoms with E-state index in [1.807, 2.05) is 0 Å². The first kappa shape index (κ1) is 8.01. The molecule has 0 N–H and O–H groups in total. The summed E-state index contributed by atoms with van der Waals surface area (Å²) in [4.78, 5) is 0. The van der Waals surface area contributed by atoms with Crippen LogP contribution in [0.5, 0.6) is 0 Å². The molecule has 0 aliphatic carbocycles. The highest BCUT2D eigenvalue weighted by Gasteiger charge is 2.12. The molecule has 1 rings (SSSR count). The third-order valence-corrected chi connectivity index (χ3v) is 2.87. The van der Waals surface area contributed by atoms with Crippen molar-refractivity contribution in [2.24, 2.45) is 0 Å². The Kier molecular flexibility index (Phi) is 2.68. The van der Waals surface area contributed by atoms with Gasteiger partial charge in [-0.3, -0.25) is 4.18 Å². The monoisotopic (exact) mass is 164 g/mol. The van der Waals surface area contributed by atoms with E-state index in [-0.39, 0.29) is 5.75 Å².